The van der Waals surface area contributed by atoms with Gasteiger partial charge >= 0.3 is 6.09 Å². The van der Waals surface area contributed by atoms with Crippen molar-refractivity contribution in [2.45, 2.75) is 45.6 Å². The molecule has 1 fully saturated rings. The summed E-state index contributed by atoms with van der Waals surface area (Å²) in [6.45, 7) is 7.67. The van der Waals surface area contributed by atoms with Crippen molar-refractivity contribution in [2.24, 2.45) is 0 Å². The molecule has 3 rings (SSSR count). The number of carbonyl (C=O) groups is 2. The van der Waals surface area contributed by atoms with Crippen LogP contribution in [0.2, 0.25) is 0 Å². The average Bonchev–Trinajstić information content (AvgIpc) is 3.00. The summed E-state index contributed by atoms with van der Waals surface area (Å²) in [5.74, 6) is 0.206. The van der Waals surface area contributed by atoms with Crippen LogP contribution in [-0.4, -0.2) is 42.1 Å². The lowest BCUT2D eigenvalue weighted by atomic mass is 9.99. The zero-order valence-electron chi connectivity index (χ0n) is 15.2. The Bertz CT molecular complexity index is 686. The Kier molecular flexibility index (Phi) is 4.84. The van der Waals surface area contributed by atoms with Crippen molar-refractivity contribution in [1.29, 1.82) is 0 Å². The fraction of sp³-hybridized carbons (Fsp3) is 0.500. The lowest BCUT2D eigenvalue weighted by molar-refractivity contribution is -0.117. The third kappa shape index (κ3) is 4.21. The van der Waals surface area contributed by atoms with E-state index in [2.05, 4.69) is 18.2 Å². The molecule has 5 heteroatoms. The van der Waals surface area contributed by atoms with Gasteiger partial charge in [0.1, 0.15) is 5.60 Å². The van der Waals surface area contributed by atoms with Gasteiger partial charge in [-0.15, -0.1) is 0 Å². The summed E-state index contributed by atoms with van der Waals surface area (Å²) in [6, 6.07) is 8.16. The van der Waals surface area contributed by atoms with Gasteiger partial charge in [-0.2, -0.15) is 0 Å². The molecule has 0 bridgehead atoms. The van der Waals surface area contributed by atoms with Crippen LogP contribution in [0.4, 0.5) is 10.5 Å². The first-order chi connectivity index (χ1) is 11.8. The topological polar surface area (TPSA) is 49.9 Å². The normalized spacial score (nSPS) is 18.4. The highest BCUT2D eigenvalue weighted by atomic mass is 16.6. The van der Waals surface area contributed by atoms with Crippen LogP contribution in [0.25, 0.3) is 5.57 Å². The van der Waals surface area contributed by atoms with E-state index >= 15 is 0 Å². The van der Waals surface area contributed by atoms with Crippen molar-refractivity contribution in [1.82, 2.24) is 4.90 Å². The summed E-state index contributed by atoms with van der Waals surface area (Å²) in [5.41, 5.74) is 2.89. The van der Waals surface area contributed by atoms with Crippen LogP contribution in [0, 0.1) is 0 Å². The standard InChI is InChI=1S/C20H26N2O3/c1-20(2,3)25-19(24)21-13-10-16(11-14-21)15-6-8-17(9-7-15)22-12-4-5-18(22)23/h6-10H,4-5,11-14H2,1-3H3. The van der Waals surface area contributed by atoms with E-state index < -0.39 is 5.60 Å². The van der Waals surface area contributed by atoms with E-state index in [1.54, 1.807) is 4.90 Å². The first kappa shape index (κ1) is 17.5. The summed E-state index contributed by atoms with van der Waals surface area (Å²) < 4.78 is 5.42. The van der Waals surface area contributed by atoms with Crippen molar-refractivity contribution < 1.29 is 14.3 Å². The minimum absolute atomic E-state index is 0.206. The molecule has 0 N–H and O–H groups in total. The molecule has 0 aromatic heterocycles. The van der Waals surface area contributed by atoms with Gasteiger partial charge in [0.15, 0.2) is 0 Å². The largest absolute Gasteiger partial charge is 0.444 e. The van der Waals surface area contributed by atoms with Gasteiger partial charge in [-0.05, 0) is 56.9 Å². The van der Waals surface area contributed by atoms with Gasteiger partial charge < -0.3 is 14.5 Å². The Hall–Kier alpha value is -2.30. The molecule has 5 nitrogen and oxygen atoms in total. The summed E-state index contributed by atoms with van der Waals surface area (Å²) in [5, 5.41) is 0. The molecule has 0 unspecified atom stereocenters. The highest BCUT2D eigenvalue weighted by Gasteiger charge is 2.24. The predicted molar refractivity (Wildman–Crippen MR) is 98.4 cm³/mol. The van der Waals surface area contributed by atoms with E-state index in [9.17, 15) is 9.59 Å². The number of nitrogens with zero attached hydrogens (tertiary/aromatic N) is 2. The second kappa shape index (κ2) is 6.90. The summed E-state index contributed by atoms with van der Waals surface area (Å²) in [6.07, 6.45) is 4.22. The third-order valence-electron chi connectivity index (χ3n) is 4.48. The molecular weight excluding hydrogens is 316 g/mol. The van der Waals surface area contributed by atoms with Crippen molar-refractivity contribution >= 4 is 23.3 Å². The Labute approximate surface area is 149 Å². The molecule has 1 saturated heterocycles. The van der Waals surface area contributed by atoms with Crippen molar-refractivity contribution in [3.63, 3.8) is 0 Å². The Morgan fingerprint density at radius 1 is 1.08 bits per heavy atom. The molecular formula is C20H26N2O3. The van der Waals surface area contributed by atoms with Gasteiger partial charge in [0.25, 0.3) is 0 Å². The minimum Gasteiger partial charge on any atom is -0.444 e. The van der Waals surface area contributed by atoms with E-state index in [1.165, 1.54) is 5.57 Å². The number of amides is 2. The van der Waals surface area contributed by atoms with Crippen LogP contribution >= 0.6 is 0 Å². The van der Waals surface area contributed by atoms with Crippen LogP contribution in [0.3, 0.4) is 0 Å². The fourth-order valence-electron chi connectivity index (χ4n) is 3.20. The number of ether oxygens (including phenoxy) is 1. The van der Waals surface area contributed by atoms with Crippen molar-refractivity contribution in [2.75, 3.05) is 24.5 Å². The van der Waals surface area contributed by atoms with Gasteiger partial charge in [0.2, 0.25) is 5.91 Å². The summed E-state index contributed by atoms with van der Waals surface area (Å²) in [7, 11) is 0. The first-order valence-corrected chi connectivity index (χ1v) is 8.91. The summed E-state index contributed by atoms with van der Waals surface area (Å²) in [4.78, 5) is 27.5. The number of benzene rings is 1. The molecule has 0 spiro atoms. The Morgan fingerprint density at radius 3 is 2.32 bits per heavy atom. The quantitative estimate of drug-likeness (QED) is 0.820. The molecule has 2 heterocycles. The van der Waals surface area contributed by atoms with E-state index in [-0.39, 0.29) is 12.0 Å². The highest BCUT2D eigenvalue weighted by Crippen LogP contribution is 2.27. The maximum atomic E-state index is 12.1. The number of hydrogen-bond acceptors (Lipinski definition) is 3. The average molecular weight is 342 g/mol. The van der Waals surface area contributed by atoms with Crippen LogP contribution in [0.5, 0.6) is 0 Å². The first-order valence-electron chi connectivity index (χ1n) is 8.91. The molecule has 0 saturated carbocycles. The SMILES string of the molecule is CC(C)(C)OC(=O)N1CC=C(c2ccc(N3CCCC3=O)cc2)CC1. The van der Waals surface area contributed by atoms with Crippen LogP contribution in [-0.2, 0) is 9.53 Å². The Morgan fingerprint density at radius 2 is 1.80 bits per heavy atom. The lowest BCUT2D eigenvalue weighted by Crippen LogP contribution is -2.39. The van der Waals surface area contributed by atoms with E-state index in [0.717, 1.165) is 30.6 Å². The fourth-order valence-corrected chi connectivity index (χ4v) is 3.20. The van der Waals surface area contributed by atoms with Crippen molar-refractivity contribution in [3.05, 3.63) is 35.9 Å². The van der Waals surface area contributed by atoms with Crippen LogP contribution in [0.15, 0.2) is 30.3 Å². The third-order valence-corrected chi connectivity index (χ3v) is 4.48. The molecule has 2 aliphatic rings. The molecule has 25 heavy (non-hydrogen) atoms. The van der Waals surface area contributed by atoms with Gasteiger partial charge in [-0.1, -0.05) is 18.2 Å². The number of hydrogen-bond donors (Lipinski definition) is 0. The van der Waals surface area contributed by atoms with Crippen LogP contribution < -0.4 is 4.90 Å². The highest BCUT2D eigenvalue weighted by molar-refractivity contribution is 5.95. The molecule has 0 aliphatic carbocycles. The molecule has 1 aromatic rings. The second-order valence-electron chi connectivity index (χ2n) is 7.60. The monoisotopic (exact) mass is 342 g/mol. The van der Waals surface area contributed by atoms with Gasteiger partial charge in [0, 0.05) is 31.7 Å². The molecule has 0 radical (unpaired) electrons. The second-order valence-corrected chi connectivity index (χ2v) is 7.60. The van der Waals surface area contributed by atoms with E-state index in [0.29, 0.717) is 19.5 Å². The van der Waals surface area contributed by atoms with Gasteiger partial charge in [-0.3, -0.25) is 4.79 Å². The Balaban J connectivity index is 1.63. The van der Waals surface area contributed by atoms with E-state index in [4.69, 9.17) is 4.74 Å². The molecule has 1 aromatic carbocycles. The van der Waals surface area contributed by atoms with Crippen molar-refractivity contribution in [3.8, 4) is 0 Å². The van der Waals surface area contributed by atoms with Crippen LogP contribution in [0.1, 0.15) is 45.6 Å². The number of carbonyl (C=O) groups excluding carboxylic acids is 2. The molecule has 2 amide bonds. The molecule has 0 atom stereocenters. The number of rotatable bonds is 2. The predicted octanol–water partition coefficient (Wildman–Crippen LogP) is 3.84. The smallest absolute Gasteiger partial charge is 0.410 e. The van der Waals surface area contributed by atoms with Gasteiger partial charge in [0.05, 0.1) is 0 Å². The maximum Gasteiger partial charge on any atom is 0.410 e. The maximum absolute atomic E-state index is 12.1. The number of anilines is 1. The van der Waals surface area contributed by atoms with Gasteiger partial charge in [-0.25, -0.2) is 4.79 Å². The summed E-state index contributed by atoms with van der Waals surface area (Å²) >= 11 is 0. The molecule has 2 aliphatic heterocycles. The van der Waals surface area contributed by atoms with E-state index in [1.807, 2.05) is 37.8 Å². The zero-order chi connectivity index (χ0) is 18.0. The minimum atomic E-state index is -0.468. The zero-order valence-corrected chi connectivity index (χ0v) is 15.2. The molecule has 134 valence electrons. The lowest BCUT2D eigenvalue weighted by Gasteiger charge is -2.29.